The highest BCUT2D eigenvalue weighted by Crippen LogP contribution is 2.36. The minimum Gasteiger partial charge on any atom is -0.493 e. The first-order valence-corrected chi connectivity index (χ1v) is 9.49. The molecule has 2 aromatic rings. The van der Waals surface area contributed by atoms with Crippen LogP contribution in [-0.2, 0) is 19.4 Å². The number of benzene rings is 2. The van der Waals surface area contributed by atoms with E-state index in [1.807, 2.05) is 12.1 Å². The Labute approximate surface area is 185 Å². The Morgan fingerprint density at radius 2 is 1.96 bits per heavy atom. The van der Waals surface area contributed by atoms with Crippen molar-refractivity contribution in [2.75, 3.05) is 19.5 Å². The number of hydrogen-bond donors (Lipinski definition) is 2. The number of ether oxygens (including phenoxy) is 2. The fourth-order valence-electron chi connectivity index (χ4n) is 3.32. The Morgan fingerprint density at radius 1 is 1.19 bits per heavy atom. The molecule has 0 saturated heterocycles. The number of aliphatic imine (C=N–C) groups is 1. The SMILES string of the molecule is COc1cc(CN=C(N)Nc2cccc3c2CCCC3)cc(Br)c1OC.I. The van der Waals surface area contributed by atoms with E-state index in [9.17, 15) is 0 Å². The number of aryl methyl sites for hydroxylation is 1. The average Bonchev–Trinajstić information content (AvgIpc) is 2.66. The van der Waals surface area contributed by atoms with Crippen LogP contribution >= 0.6 is 39.9 Å². The fraction of sp³-hybridized carbons (Fsp3) is 0.350. The molecule has 0 bridgehead atoms. The zero-order chi connectivity index (χ0) is 18.5. The van der Waals surface area contributed by atoms with E-state index in [0.717, 1.165) is 28.6 Å². The van der Waals surface area contributed by atoms with Gasteiger partial charge in [-0.3, -0.25) is 0 Å². The zero-order valence-corrected chi connectivity index (χ0v) is 19.5. The average molecular weight is 546 g/mol. The number of hydrogen-bond acceptors (Lipinski definition) is 3. The van der Waals surface area contributed by atoms with Crippen LogP contribution in [0.1, 0.15) is 29.5 Å². The predicted molar refractivity (Wildman–Crippen MR) is 125 cm³/mol. The van der Waals surface area contributed by atoms with Gasteiger partial charge in [0.2, 0.25) is 0 Å². The minimum atomic E-state index is 0. The lowest BCUT2D eigenvalue weighted by Gasteiger charge is -2.19. The van der Waals surface area contributed by atoms with Gasteiger partial charge in [0.15, 0.2) is 17.5 Å². The topological polar surface area (TPSA) is 68.9 Å². The van der Waals surface area contributed by atoms with E-state index < -0.39 is 0 Å². The van der Waals surface area contributed by atoms with Gasteiger partial charge in [0.1, 0.15) is 0 Å². The smallest absolute Gasteiger partial charge is 0.193 e. The fourth-order valence-corrected chi connectivity index (χ4v) is 3.97. The van der Waals surface area contributed by atoms with Crippen molar-refractivity contribution < 1.29 is 9.47 Å². The monoisotopic (exact) mass is 545 g/mol. The van der Waals surface area contributed by atoms with Gasteiger partial charge in [-0.05, 0) is 76.5 Å². The van der Waals surface area contributed by atoms with Gasteiger partial charge < -0.3 is 20.5 Å². The summed E-state index contributed by atoms with van der Waals surface area (Å²) in [7, 11) is 3.23. The molecule has 0 atom stereocenters. The zero-order valence-electron chi connectivity index (χ0n) is 15.5. The summed E-state index contributed by atoms with van der Waals surface area (Å²) in [6.07, 6.45) is 4.71. The first-order valence-electron chi connectivity index (χ1n) is 8.70. The Bertz CT molecular complexity index is 827. The highest BCUT2D eigenvalue weighted by atomic mass is 127. The van der Waals surface area contributed by atoms with E-state index in [1.165, 1.54) is 24.0 Å². The number of halogens is 2. The summed E-state index contributed by atoms with van der Waals surface area (Å²) in [6, 6.07) is 10.2. The van der Waals surface area contributed by atoms with Crippen molar-refractivity contribution >= 4 is 51.6 Å². The summed E-state index contributed by atoms with van der Waals surface area (Å²) in [4.78, 5) is 4.48. The maximum Gasteiger partial charge on any atom is 0.193 e. The number of nitrogens with one attached hydrogen (secondary N) is 1. The van der Waals surface area contributed by atoms with Gasteiger partial charge in [-0.1, -0.05) is 12.1 Å². The molecule has 2 aromatic carbocycles. The summed E-state index contributed by atoms with van der Waals surface area (Å²) in [5.41, 5.74) is 11.0. The van der Waals surface area contributed by atoms with Gasteiger partial charge >= 0.3 is 0 Å². The molecule has 146 valence electrons. The van der Waals surface area contributed by atoms with Gasteiger partial charge in [0.25, 0.3) is 0 Å². The molecule has 1 aliphatic carbocycles. The summed E-state index contributed by atoms with van der Waals surface area (Å²) >= 11 is 3.50. The third-order valence-corrected chi connectivity index (χ3v) is 5.17. The van der Waals surface area contributed by atoms with Crippen LogP contribution in [-0.4, -0.2) is 20.2 Å². The van der Waals surface area contributed by atoms with Gasteiger partial charge in [-0.2, -0.15) is 0 Å². The molecule has 3 N–H and O–H groups in total. The molecule has 3 rings (SSSR count). The molecule has 0 radical (unpaired) electrons. The predicted octanol–water partition coefficient (Wildman–Crippen LogP) is 4.89. The molecule has 7 heteroatoms. The van der Waals surface area contributed by atoms with E-state index >= 15 is 0 Å². The number of fused-ring (bicyclic) bond motifs is 1. The molecule has 0 aromatic heterocycles. The van der Waals surface area contributed by atoms with Crippen molar-refractivity contribution in [3.05, 3.63) is 51.5 Å². The lowest BCUT2D eigenvalue weighted by atomic mass is 9.90. The first-order chi connectivity index (χ1) is 12.6. The van der Waals surface area contributed by atoms with E-state index in [2.05, 4.69) is 44.4 Å². The van der Waals surface area contributed by atoms with Crippen LogP contribution < -0.4 is 20.5 Å². The second-order valence-corrected chi connectivity index (χ2v) is 7.14. The second-order valence-electron chi connectivity index (χ2n) is 6.29. The maximum absolute atomic E-state index is 6.12. The van der Waals surface area contributed by atoms with Crippen LogP contribution in [0.4, 0.5) is 5.69 Å². The van der Waals surface area contributed by atoms with Crippen molar-refractivity contribution in [3.63, 3.8) is 0 Å². The third kappa shape index (κ3) is 5.28. The third-order valence-electron chi connectivity index (χ3n) is 4.58. The van der Waals surface area contributed by atoms with Crippen molar-refractivity contribution in [2.45, 2.75) is 32.2 Å². The van der Waals surface area contributed by atoms with Crippen LogP contribution in [0, 0.1) is 0 Å². The largest absolute Gasteiger partial charge is 0.493 e. The summed E-state index contributed by atoms with van der Waals surface area (Å²) in [6.45, 7) is 0.451. The summed E-state index contributed by atoms with van der Waals surface area (Å²) in [5.74, 6) is 1.74. The number of methoxy groups -OCH3 is 2. The Balaban J connectivity index is 0.00000261. The van der Waals surface area contributed by atoms with Crippen LogP contribution in [0.3, 0.4) is 0 Å². The van der Waals surface area contributed by atoms with Crippen molar-refractivity contribution in [2.24, 2.45) is 10.7 Å². The van der Waals surface area contributed by atoms with E-state index in [4.69, 9.17) is 15.2 Å². The molecular weight excluding hydrogens is 521 g/mol. The highest BCUT2D eigenvalue weighted by Gasteiger charge is 2.13. The van der Waals surface area contributed by atoms with Crippen molar-refractivity contribution in [1.29, 1.82) is 0 Å². The molecule has 0 amide bonds. The first kappa shape index (κ1) is 21.8. The molecule has 0 heterocycles. The molecule has 0 fully saturated rings. The van der Waals surface area contributed by atoms with Gasteiger partial charge in [0.05, 0.1) is 25.2 Å². The van der Waals surface area contributed by atoms with Gasteiger partial charge in [-0.25, -0.2) is 4.99 Å². The molecule has 0 unspecified atom stereocenters. The van der Waals surface area contributed by atoms with E-state index in [0.29, 0.717) is 24.0 Å². The Hall–Kier alpha value is -1.48. The lowest BCUT2D eigenvalue weighted by Crippen LogP contribution is -2.24. The summed E-state index contributed by atoms with van der Waals surface area (Å²) < 4.78 is 11.5. The molecule has 0 saturated carbocycles. The van der Waals surface area contributed by atoms with Crippen molar-refractivity contribution in [3.8, 4) is 11.5 Å². The van der Waals surface area contributed by atoms with Crippen molar-refractivity contribution in [1.82, 2.24) is 0 Å². The number of anilines is 1. The Kier molecular flexibility index (Phi) is 8.22. The normalized spacial score (nSPS) is 13.4. The summed E-state index contributed by atoms with van der Waals surface area (Å²) in [5, 5.41) is 3.27. The molecule has 0 spiro atoms. The van der Waals surface area contributed by atoms with Gasteiger partial charge in [-0.15, -0.1) is 24.0 Å². The van der Waals surface area contributed by atoms with Crippen LogP contribution in [0.5, 0.6) is 11.5 Å². The number of nitrogens with two attached hydrogens (primary N) is 1. The molecule has 0 aliphatic heterocycles. The molecule has 5 nitrogen and oxygen atoms in total. The van der Waals surface area contributed by atoms with Gasteiger partial charge in [0, 0.05) is 5.69 Å². The minimum absolute atomic E-state index is 0. The molecule has 27 heavy (non-hydrogen) atoms. The Morgan fingerprint density at radius 3 is 2.70 bits per heavy atom. The quantitative estimate of drug-likeness (QED) is 0.319. The van der Waals surface area contributed by atoms with Crippen LogP contribution in [0.15, 0.2) is 39.8 Å². The number of guanidine groups is 1. The van der Waals surface area contributed by atoms with E-state index in [-0.39, 0.29) is 24.0 Å². The van der Waals surface area contributed by atoms with Crippen LogP contribution in [0.2, 0.25) is 0 Å². The molecule has 1 aliphatic rings. The number of rotatable bonds is 5. The highest BCUT2D eigenvalue weighted by molar-refractivity contribution is 14.0. The van der Waals surface area contributed by atoms with Crippen LogP contribution in [0.25, 0.3) is 0 Å². The standard InChI is InChI=1S/C20H24BrN3O2.HI/c1-25-18-11-13(10-16(21)19(18)26-2)12-23-20(22)24-17-9-5-7-14-6-3-4-8-15(14)17;/h5,7,9-11H,3-4,6,8,12H2,1-2H3,(H3,22,23,24);1H. The maximum atomic E-state index is 6.12. The lowest BCUT2D eigenvalue weighted by molar-refractivity contribution is 0.352. The second kappa shape index (κ2) is 10.2. The van der Waals surface area contributed by atoms with E-state index in [1.54, 1.807) is 14.2 Å². The number of nitrogens with zero attached hydrogens (tertiary/aromatic N) is 1. The molecular formula is C20H25BrIN3O2.